The smallest absolute Gasteiger partial charge is 0.249 e. The second kappa shape index (κ2) is 8.52. The van der Waals surface area contributed by atoms with Crippen LogP contribution in [0.15, 0.2) is 47.4 Å². The van der Waals surface area contributed by atoms with Crippen LogP contribution in [-0.4, -0.2) is 57.0 Å². The molecular formula is C18H19ClF2N2O3S. The van der Waals surface area contributed by atoms with Crippen molar-refractivity contribution in [1.82, 2.24) is 9.21 Å². The van der Waals surface area contributed by atoms with Gasteiger partial charge in [0.2, 0.25) is 10.0 Å². The van der Waals surface area contributed by atoms with Crippen LogP contribution >= 0.6 is 11.6 Å². The van der Waals surface area contributed by atoms with Gasteiger partial charge in [0.15, 0.2) is 4.90 Å². The molecule has 1 aliphatic rings. The number of sulfonamides is 1. The zero-order valence-electron chi connectivity index (χ0n) is 14.4. The van der Waals surface area contributed by atoms with Gasteiger partial charge in [0.1, 0.15) is 24.0 Å². The zero-order valence-corrected chi connectivity index (χ0v) is 16.0. The molecule has 2 aromatic carbocycles. The first-order valence-electron chi connectivity index (χ1n) is 8.43. The fourth-order valence-electron chi connectivity index (χ4n) is 2.87. The third kappa shape index (κ3) is 4.76. The van der Waals surface area contributed by atoms with E-state index in [1.807, 2.05) is 4.90 Å². The van der Waals surface area contributed by atoms with Crippen molar-refractivity contribution in [2.24, 2.45) is 0 Å². The molecule has 0 N–H and O–H groups in total. The Bertz CT molecular complexity index is 866. The van der Waals surface area contributed by atoms with Crippen LogP contribution in [0.4, 0.5) is 8.78 Å². The van der Waals surface area contributed by atoms with Gasteiger partial charge in [-0.25, -0.2) is 17.2 Å². The second-order valence-electron chi connectivity index (χ2n) is 6.10. The first kappa shape index (κ1) is 20.0. The number of benzene rings is 2. The molecule has 3 rings (SSSR count). The van der Waals surface area contributed by atoms with Crippen molar-refractivity contribution in [2.45, 2.75) is 4.90 Å². The maximum atomic E-state index is 13.8. The molecule has 27 heavy (non-hydrogen) atoms. The molecule has 1 heterocycles. The molecule has 146 valence electrons. The minimum Gasteiger partial charge on any atom is -0.492 e. The maximum Gasteiger partial charge on any atom is 0.249 e. The number of hydrogen-bond donors (Lipinski definition) is 0. The predicted molar refractivity (Wildman–Crippen MR) is 98.5 cm³/mol. The number of hydrogen-bond acceptors (Lipinski definition) is 4. The fourth-order valence-corrected chi connectivity index (χ4v) is 4.53. The standard InChI is InChI=1S/C18H19ClF2N2O3S/c19-14-4-6-15(7-5-14)26-13-12-22-8-10-23(11-9-22)27(24,25)18-16(20)2-1-3-17(18)21/h1-7H,8-13H2. The van der Waals surface area contributed by atoms with Gasteiger partial charge in [-0.3, -0.25) is 4.90 Å². The topological polar surface area (TPSA) is 49.9 Å². The van der Waals surface area contributed by atoms with Crippen molar-refractivity contribution in [2.75, 3.05) is 39.3 Å². The number of halogens is 3. The lowest BCUT2D eigenvalue weighted by Crippen LogP contribution is -2.49. The molecule has 9 heteroatoms. The lowest BCUT2D eigenvalue weighted by Gasteiger charge is -2.33. The third-order valence-electron chi connectivity index (χ3n) is 4.34. The summed E-state index contributed by atoms with van der Waals surface area (Å²) in [5.41, 5.74) is 0. The van der Waals surface area contributed by atoms with E-state index in [-0.39, 0.29) is 13.1 Å². The van der Waals surface area contributed by atoms with E-state index in [0.29, 0.717) is 37.0 Å². The van der Waals surface area contributed by atoms with E-state index >= 15 is 0 Å². The van der Waals surface area contributed by atoms with E-state index in [0.717, 1.165) is 22.5 Å². The molecule has 1 saturated heterocycles. The van der Waals surface area contributed by atoms with Crippen molar-refractivity contribution in [3.63, 3.8) is 0 Å². The minimum atomic E-state index is -4.20. The molecule has 5 nitrogen and oxygen atoms in total. The largest absolute Gasteiger partial charge is 0.492 e. The average Bonchev–Trinajstić information content (AvgIpc) is 2.63. The predicted octanol–water partition coefficient (Wildman–Crippen LogP) is 3.00. The van der Waals surface area contributed by atoms with Crippen molar-refractivity contribution in [3.05, 3.63) is 59.1 Å². The van der Waals surface area contributed by atoms with Gasteiger partial charge >= 0.3 is 0 Å². The van der Waals surface area contributed by atoms with Crippen LogP contribution in [0.3, 0.4) is 0 Å². The van der Waals surface area contributed by atoms with Crippen LogP contribution in [0, 0.1) is 11.6 Å². The summed E-state index contributed by atoms with van der Waals surface area (Å²) in [5, 5.41) is 0.631. The highest BCUT2D eigenvalue weighted by Gasteiger charge is 2.32. The molecule has 0 aromatic heterocycles. The number of rotatable bonds is 6. The van der Waals surface area contributed by atoms with Gasteiger partial charge in [-0.05, 0) is 36.4 Å². The zero-order chi connectivity index (χ0) is 19.4. The van der Waals surface area contributed by atoms with Gasteiger partial charge in [-0.15, -0.1) is 0 Å². The lowest BCUT2D eigenvalue weighted by molar-refractivity contribution is 0.158. The monoisotopic (exact) mass is 416 g/mol. The fraction of sp³-hybridized carbons (Fsp3) is 0.333. The molecule has 0 aliphatic carbocycles. The second-order valence-corrected chi connectivity index (χ2v) is 8.41. The summed E-state index contributed by atoms with van der Waals surface area (Å²) in [5.74, 6) is -1.45. The summed E-state index contributed by atoms with van der Waals surface area (Å²) in [6, 6.07) is 10.1. The molecule has 0 radical (unpaired) electrons. The van der Waals surface area contributed by atoms with Gasteiger partial charge < -0.3 is 4.74 Å². The molecule has 0 bridgehead atoms. The molecule has 0 atom stereocenters. The van der Waals surface area contributed by atoms with Gasteiger partial charge in [-0.1, -0.05) is 17.7 Å². The van der Waals surface area contributed by atoms with Crippen molar-refractivity contribution in [1.29, 1.82) is 0 Å². The average molecular weight is 417 g/mol. The molecule has 1 aliphatic heterocycles. The third-order valence-corrected chi connectivity index (χ3v) is 6.54. The highest BCUT2D eigenvalue weighted by molar-refractivity contribution is 7.89. The van der Waals surface area contributed by atoms with E-state index in [2.05, 4.69) is 0 Å². The van der Waals surface area contributed by atoms with Crippen LogP contribution in [0.5, 0.6) is 5.75 Å². The van der Waals surface area contributed by atoms with Crippen molar-refractivity contribution < 1.29 is 21.9 Å². The summed E-state index contributed by atoms with van der Waals surface area (Å²) in [6.45, 7) is 2.30. The Balaban J connectivity index is 1.53. The van der Waals surface area contributed by atoms with Gasteiger partial charge in [0.05, 0.1) is 0 Å². The Morgan fingerprint density at radius 2 is 1.56 bits per heavy atom. The van der Waals surface area contributed by atoms with E-state index in [1.54, 1.807) is 24.3 Å². The Labute approximate surface area is 162 Å². The first-order chi connectivity index (χ1) is 12.9. The van der Waals surface area contributed by atoms with E-state index in [4.69, 9.17) is 16.3 Å². The van der Waals surface area contributed by atoms with Crippen LogP contribution < -0.4 is 4.74 Å². The van der Waals surface area contributed by atoms with E-state index in [1.165, 1.54) is 0 Å². The summed E-state index contributed by atoms with van der Waals surface area (Å²) in [4.78, 5) is 1.16. The quantitative estimate of drug-likeness (QED) is 0.726. The summed E-state index contributed by atoms with van der Waals surface area (Å²) in [6.07, 6.45) is 0. The van der Waals surface area contributed by atoms with Crippen LogP contribution in [0.1, 0.15) is 0 Å². The summed E-state index contributed by atoms with van der Waals surface area (Å²) < 4.78 is 59.6. The summed E-state index contributed by atoms with van der Waals surface area (Å²) >= 11 is 5.82. The number of piperazine rings is 1. The maximum absolute atomic E-state index is 13.8. The molecule has 0 unspecified atom stereocenters. The van der Waals surface area contributed by atoms with Crippen LogP contribution in [0.25, 0.3) is 0 Å². The molecule has 1 fully saturated rings. The Morgan fingerprint density at radius 3 is 2.15 bits per heavy atom. The number of ether oxygens (including phenoxy) is 1. The van der Waals surface area contributed by atoms with E-state index in [9.17, 15) is 17.2 Å². The normalized spacial score (nSPS) is 16.4. The van der Waals surface area contributed by atoms with Crippen molar-refractivity contribution in [3.8, 4) is 5.75 Å². The van der Waals surface area contributed by atoms with Crippen LogP contribution in [-0.2, 0) is 10.0 Å². The Hall–Kier alpha value is -1.74. The van der Waals surface area contributed by atoms with Gasteiger partial charge in [0.25, 0.3) is 0 Å². The van der Waals surface area contributed by atoms with E-state index < -0.39 is 26.6 Å². The summed E-state index contributed by atoms with van der Waals surface area (Å²) in [7, 11) is -4.20. The molecule has 0 amide bonds. The first-order valence-corrected chi connectivity index (χ1v) is 10.2. The SMILES string of the molecule is O=S(=O)(c1c(F)cccc1F)N1CCN(CCOc2ccc(Cl)cc2)CC1. The molecule has 0 spiro atoms. The van der Waals surface area contributed by atoms with Crippen LogP contribution in [0.2, 0.25) is 5.02 Å². The highest BCUT2D eigenvalue weighted by Crippen LogP contribution is 2.23. The molecule has 0 saturated carbocycles. The Kier molecular flexibility index (Phi) is 6.31. The minimum absolute atomic E-state index is 0.164. The number of nitrogens with zero attached hydrogens (tertiary/aromatic N) is 2. The molecule has 2 aromatic rings. The van der Waals surface area contributed by atoms with Crippen molar-refractivity contribution >= 4 is 21.6 Å². The van der Waals surface area contributed by atoms with Gasteiger partial charge in [0, 0.05) is 37.7 Å². The highest BCUT2D eigenvalue weighted by atomic mass is 35.5. The molecular weight excluding hydrogens is 398 g/mol. The van der Waals surface area contributed by atoms with Gasteiger partial charge in [-0.2, -0.15) is 4.31 Å². The lowest BCUT2D eigenvalue weighted by atomic mass is 10.3. The Morgan fingerprint density at radius 1 is 0.963 bits per heavy atom.